The van der Waals surface area contributed by atoms with Crippen molar-refractivity contribution in [2.75, 3.05) is 7.11 Å². The summed E-state index contributed by atoms with van der Waals surface area (Å²) in [6.45, 7) is 2.14. The van der Waals surface area contributed by atoms with E-state index in [4.69, 9.17) is 4.74 Å². The summed E-state index contributed by atoms with van der Waals surface area (Å²) in [4.78, 5) is 16.5. The van der Waals surface area contributed by atoms with Gasteiger partial charge in [-0.15, -0.1) is 0 Å². The van der Waals surface area contributed by atoms with Gasteiger partial charge >= 0.3 is 5.97 Å². The molecule has 0 aliphatic carbocycles. The number of unbranched alkanes of at least 4 members (excludes halogenated alkanes) is 1. The normalized spacial score (nSPS) is 10.8. The maximum absolute atomic E-state index is 11.8. The molecule has 1 heterocycles. The quantitative estimate of drug-likeness (QED) is 0.692. The van der Waals surface area contributed by atoms with Gasteiger partial charge in [0.15, 0.2) is 0 Å². The second-order valence-corrected chi connectivity index (χ2v) is 6.02. The van der Waals surface area contributed by atoms with E-state index in [0.717, 1.165) is 30.4 Å². The predicted octanol–water partition coefficient (Wildman–Crippen LogP) is 4.95. The third-order valence-corrected chi connectivity index (χ3v) is 4.31. The number of aromatic nitrogens is 1. The summed E-state index contributed by atoms with van der Waals surface area (Å²) in [5.41, 5.74) is 3.47. The van der Waals surface area contributed by atoms with Gasteiger partial charge < -0.3 is 9.84 Å². The first-order valence-electron chi connectivity index (χ1n) is 8.44. The standard InChI is InChI=1S/C21H21NO3/c1-3-4-7-14-10-11-18-16(12-14)17(21(23)24)13-19(22-18)15-8-5-6-9-20(15)25-2/h5-6,8-13H,3-4,7H2,1-2H3,(H,23,24). The van der Waals surface area contributed by atoms with Crippen LogP contribution in [0.15, 0.2) is 48.5 Å². The van der Waals surface area contributed by atoms with Crippen LogP contribution in [0, 0.1) is 0 Å². The highest BCUT2D eigenvalue weighted by molar-refractivity contribution is 6.04. The number of aryl methyl sites for hydroxylation is 1. The minimum Gasteiger partial charge on any atom is -0.496 e. The summed E-state index contributed by atoms with van der Waals surface area (Å²) in [5, 5.41) is 10.4. The zero-order valence-electron chi connectivity index (χ0n) is 14.5. The number of carboxylic acid groups (broad SMARTS) is 1. The van der Waals surface area contributed by atoms with Crippen molar-refractivity contribution in [2.24, 2.45) is 0 Å². The highest BCUT2D eigenvalue weighted by Crippen LogP contribution is 2.31. The molecule has 0 aliphatic heterocycles. The minimum atomic E-state index is -0.948. The van der Waals surface area contributed by atoms with Gasteiger partial charge in [0.1, 0.15) is 5.75 Å². The van der Waals surface area contributed by atoms with E-state index in [0.29, 0.717) is 22.3 Å². The fraction of sp³-hybridized carbons (Fsp3) is 0.238. The summed E-state index contributed by atoms with van der Waals surface area (Å²) in [6, 6.07) is 15.0. The van der Waals surface area contributed by atoms with Crippen molar-refractivity contribution in [3.05, 3.63) is 59.7 Å². The van der Waals surface area contributed by atoms with Crippen LogP contribution in [0.25, 0.3) is 22.2 Å². The number of methoxy groups -OCH3 is 1. The summed E-state index contributed by atoms with van der Waals surface area (Å²) in [7, 11) is 1.60. The molecule has 0 unspecified atom stereocenters. The summed E-state index contributed by atoms with van der Waals surface area (Å²) < 4.78 is 5.39. The fourth-order valence-corrected chi connectivity index (χ4v) is 2.98. The molecule has 0 fully saturated rings. The average Bonchev–Trinajstić information content (AvgIpc) is 2.65. The fourth-order valence-electron chi connectivity index (χ4n) is 2.98. The van der Waals surface area contributed by atoms with Crippen LogP contribution >= 0.6 is 0 Å². The Hall–Kier alpha value is -2.88. The molecule has 0 saturated carbocycles. The van der Waals surface area contributed by atoms with E-state index in [1.54, 1.807) is 13.2 Å². The van der Waals surface area contributed by atoms with E-state index in [1.807, 2.05) is 42.5 Å². The number of nitrogens with zero attached hydrogens (tertiary/aromatic N) is 1. The highest BCUT2D eigenvalue weighted by Gasteiger charge is 2.15. The molecule has 0 saturated heterocycles. The van der Waals surface area contributed by atoms with Gasteiger partial charge in [-0.3, -0.25) is 0 Å². The molecule has 4 nitrogen and oxygen atoms in total. The number of rotatable bonds is 6. The number of carbonyl (C=O) groups is 1. The van der Waals surface area contributed by atoms with Gasteiger partial charge in [0.2, 0.25) is 0 Å². The summed E-state index contributed by atoms with van der Waals surface area (Å²) >= 11 is 0. The second-order valence-electron chi connectivity index (χ2n) is 6.02. The third-order valence-electron chi connectivity index (χ3n) is 4.31. The number of ether oxygens (including phenoxy) is 1. The first-order valence-corrected chi connectivity index (χ1v) is 8.44. The van der Waals surface area contributed by atoms with E-state index in [-0.39, 0.29) is 5.56 Å². The molecule has 0 atom stereocenters. The molecule has 25 heavy (non-hydrogen) atoms. The molecular formula is C21H21NO3. The van der Waals surface area contributed by atoms with Gasteiger partial charge in [-0.2, -0.15) is 0 Å². The number of fused-ring (bicyclic) bond motifs is 1. The lowest BCUT2D eigenvalue weighted by Crippen LogP contribution is -2.01. The second kappa shape index (κ2) is 7.34. The lowest BCUT2D eigenvalue weighted by atomic mass is 10.00. The number of para-hydroxylation sites is 1. The van der Waals surface area contributed by atoms with Crippen LogP contribution in [-0.4, -0.2) is 23.2 Å². The Morgan fingerprint density at radius 3 is 2.68 bits per heavy atom. The predicted molar refractivity (Wildman–Crippen MR) is 99.3 cm³/mol. The van der Waals surface area contributed by atoms with Crippen LogP contribution in [0.2, 0.25) is 0 Å². The van der Waals surface area contributed by atoms with E-state index < -0.39 is 5.97 Å². The smallest absolute Gasteiger partial charge is 0.336 e. The van der Waals surface area contributed by atoms with Gasteiger partial charge in [-0.05, 0) is 48.7 Å². The molecule has 0 aliphatic rings. The van der Waals surface area contributed by atoms with Crippen molar-refractivity contribution >= 4 is 16.9 Å². The number of pyridine rings is 1. The molecule has 0 bridgehead atoms. The number of benzene rings is 2. The highest BCUT2D eigenvalue weighted by atomic mass is 16.5. The van der Waals surface area contributed by atoms with Gasteiger partial charge in [0.05, 0.1) is 23.9 Å². The van der Waals surface area contributed by atoms with Gasteiger partial charge in [0.25, 0.3) is 0 Å². The van der Waals surface area contributed by atoms with Crippen molar-refractivity contribution in [1.29, 1.82) is 0 Å². The number of hydrogen-bond donors (Lipinski definition) is 1. The van der Waals surface area contributed by atoms with Crippen LogP contribution in [0.1, 0.15) is 35.7 Å². The Bertz CT molecular complexity index is 918. The van der Waals surface area contributed by atoms with E-state index in [1.165, 1.54) is 0 Å². The molecular weight excluding hydrogens is 314 g/mol. The van der Waals surface area contributed by atoms with Crippen molar-refractivity contribution < 1.29 is 14.6 Å². The van der Waals surface area contributed by atoms with E-state index >= 15 is 0 Å². The number of carboxylic acids is 1. The summed E-state index contributed by atoms with van der Waals surface area (Å²) in [6.07, 6.45) is 3.13. The Balaban J connectivity index is 2.18. The van der Waals surface area contributed by atoms with Crippen LogP contribution < -0.4 is 4.74 Å². The van der Waals surface area contributed by atoms with Crippen LogP contribution in [0.3, 0.4) is 0 Å². The van der Waals surface area contributed by atoms with E-state index in [9.17, 15) is 9.90 Å². The van der Waals surface area contributed by atoms with Gasteiger partial charge in [0, 0.05) is 10.9 Å². The minimum absolute atomic E-state index is 0.268. The maximum Gasteiger partial charge on any atom is 0.336 e. The van der Waals surface area contributed by atoms with E-state index in [2.05, 4.69) is 11.9 Å². The van der Waals surface area contributed by atoms with Gasteiger partial charge in [-0.1, -0.05) is 31.5 Å². The Morgan fingerprint density at radius 2 is 1.96 bits per heavy atom. The monoisotopic (exact) mass is 335 g/mol. The first-order chi connectivity index (χ1) is 12.1. The molecule has 2 aromatic carbocycles. The van der Waals surface area contributed by atoms with Crippen LogP contribution in [0.4, 0.5) is 0 Å². The molecule has 1 aromatic heterocycles. The lowest BCUT2D eigenvalue weighted by molar-refractivity contribution is 0.0699. The Labute approximate surface area is 147 Å². The number of aromatic carboxylic acids is 1. The SMILES string of the molecule is CCCCc1ccc2nc(-c3ccccc3OC)cc(C(=O)O)c2c1. The first kappa shape index (κ1) is 17.0. The molecule has 3 aromatic rings. The molecule has 1 N–H and O–H groups in total. The van der Waals surface area contributed by atoms with Crippen molar-refractivity contribution in [1.82, 2.24) is 4.98 Å². The maximum atomic E-state index is 11.8. The Kier molecular flexibility index (Phi) is 4.98. The van der Waals surface area contributed by atoms with Crippen molar-refractivity contribution in [2.45, 2.75) is 26.2 Å². The van der Waals surface area contributed by atoms with Crippen LogP contribution in [-0.2, 0) is 6.42 Å². The molecule has 4 heteroatoms. The lowest BCUT2D eigenvalue weighted by Gasteiger charge is -2.11. The molecule has 0 radical (unpaired) electrons. The zero-order valence-corrected chi connectivity index (χ0v) is 14.5. The van der Waals surface area contributed by atoms with Gasteiger partial charge in [-0.25, -0.2) is 9.78 Å². The third kappa shape index (κ3) is 3.48. The van der Waals surface area contributed by atoms with Crippen LogP contribution in [0.5, 0.6) is 5.75 Å². The van der Waals surface area contributed by atoms with Crippen molar-refractivity contribution in [3.8, 4) is 17.0 Å². The number of hydrogen-bond acceptors (Lipinski definition) is 3. The zero-order chi connectivity index (χ0) is 17.8. The average molecular weight is 335 g/mol. The molecule has 0 amide bonds. The van der Waals surface area contributed by atoms with Crippen molar-refractivity contribution in [3.63, 3.8) is 0 Å². The molecule has 3 rings (SSSR count). The Morgan fingerprint density at radius 1 is 1.16 bits per heavy atom. The molecule has 128 valence electrons. The molecule has 0 spiro atoms. The summed E-state index contributed by atoms with van der Waals surface area (Å²) in [5.74, 6) is -0.276. The topological polar surface area (TPSA) is 59.4 Å². The largest absolute Gasteiger partial charge is 0.496 e.